The maximum absolute atomic E-state index is 12.6. The van der Waals surface area contributed by atoms with E-state index in [1.54, 1.807) is 9.21 Å². The van der Waals surface area contributed by atoms with Crippen molar-refractivity contribution in [3.05, 3.63) is 35.9 Å². The second kappa shape index (κ2) is 7.72. The zero-order valence-corrected chi connectivity index (χ0v) is 15.4. The lowest BCUT2D eigenvalue weighted by molar-refractivity contribution is 0.167. The Kier molecular flexibility index (Phi) is 5.61. The summed E-state index contributed by atoms with van der Waals surface area (Å²) in [5.74, 6) is 0. The molecule has 1 atom stereocenters. The van der Waals surface area contributed by atoms with Crippen molar-refractivity contribution in [1.29, 1.82) is 0 Å². The van der Waals surface area contributed by atoms with Crippen LogP contribution in [0.2, 0.25) is 0 Å². The molecule has 0 radical (unpaired) electrons. The van der Waals surface area contributed by atoms with E-state index in [-0.39, 0.29) is 12.1 Å². The van der Waals surface area contributed by atoms with Crippen LogP contribution in [0.4, 0.5) is 4.79 Å². The molecular weight excluding hydrogens is 340 g/mol. The number of hydrogen-bond acceptors (Lipinski definition) is 3. The first-order valence-electron chi connectivity index (χ1n) is 8.84. The molecule has 2 aliphatic rings. The summed E-state index contributed by atoms with van der Waals surface area (Å²) in [6, 6.07) is 9.56. The van der Waals surface area contributed by atoms with Gasteiger partial charge in [0.2, 0.25) is 0 Å². The third-order valence-electron chi connectivity index (χ3n) is 4.88. The van der Waals surface area contributed by atoms with Gasteiger partial charge in [0, 0.05) is 39.3 Å². The number of nitrogens with one attached hydrogen (secondary N) is 1. The van der Waals surface area contributed by atoms with Crippen molar-refractivity contribution >= 4 is 16.2 Å². The van der Waals surface area contributed by atoms with Crippen molar-refractivity contribution in [2.45, 2.75) is 25.8 Å². The fourth-order valence-electron chi connectivity index (χ4n) is 3.31. The van der Waals surface area contributed by atoms with Crippen LogP contribution in [0, 0.1) is 0 Å². The molecule has 2 heterocycles. The van der Waals surface area contributed by atoms with Gasteiger partial charge in [-0.3, -0.25) is 0 Å². The lowest BCUT2D eigenvalue weighted by atomic mass is 10.1. The summed E-state index contributed by atoms with van der Waals surface area (Å²) >= 11 is 0. The molecule has 1 N–H and O–H groups in total. The standard InChI is InChI=1S/C17H26N4O3S/c1-15(16-7-3-2-4-8-16)18-17(22)19-11-13-21(14-12-19)25(23,24)20-9-5-6-10-20/h2-4,7-8,15H,5-6,9-14H2,1H3,(H,18,22)/t15-/m0/s1. The van der Waals surface area contributed by atoms with E-state index in [0.717, 1.165) is 18.4 Å². The van der Waals surface area contributed by atoms with E-state index in [9.17, 15) is 13.2 Å². The fraction of sp³-hybridized carbons (Fsp3) is 0.588. The lowest BCUT2D eigenvalue weighted by Crippen LogP contribution is -2.55. The number of urea groups is 1. The highest BCUT2D eigenvalue weighted by molar-refractivity contribution is 7.86. The smallest absolute Gasteiger partial charge is 0.317 e. The van der Waals surface area contributed by atoms with E-state index < -0.39 is 10.2 Å². The Morgan fingerprint density at radius 1 is 0.960 bits per heavy atom. The van der Waals surface area contributed by atoms with Crippen LogP contribution in [0.3, 0.4) is 0 Å². The van der Waals surface area contributed by atoms with Crippen LogP contribution in [0.5, 0.6) is 0 Å². The van der Waals surface area contributed by atoms with Crippen LogP contribution < -0.4 is 5.32 Å². The topological polar surface area (TPSA) is 73.0 Å². The molecule has 0 saturated carbocycles. The van der Waals surface area contributed by atoms with E-state index in [4.69, 9.17) is 0 Å². The van der Waals surface area contributed by atoms with Crippen LogP contribution in [-0.2, 0) is 10.2 Å². The molecule has 0 aliphatic carbocycles. The van der Waals surface area contributed by atoms with Gasteiger partial charge in [-0.05, 0) is 25.3 Å². The minimum absolute atomic E-state index is 0.0833. The minimum Gasteiger partial charge on any atom is -0.331 e. The number of benzene rings is 1. The van der Waals surface area contributed by atoms with Gasteiger partial charge < -0.3 is 10.2 Å². The molecule has 1 aromatic rings. The number of piperazine rings is 1. The Bertz CT molecular complexity index is 681. The van der Waals surface area contributed by atoms with Crippen molar-refractivity contribution in [3.8, 4) is 0 Å². The average Bonchev–Trinajstić information content (AvgIpc) is 3.18. The summed E-state index contributed by atoms with van der Waals surface area (Å²) in [5.41, 5.74) is 1.05. The van der Waals surface area contributed by atoms with E-state index >= 15 is 0 Å². The first-order valence-corrected chi connectivity index (χ1v) is 10.2. The van der Waals surface area contributed by atoms with Crippen molar-refractivity contribution in [2.24, 2.45) is 0 Å². The average molecular weight is 366 g/mol. The fourth-order valence-corrected chi connectivity index (χ4v) is 4.98. The number of amides is 2. The largest absolute Gasteiger partial charge is 0.331 e. The van der Waals surface area contributed by atoms with Crippen LogP contribution in [-0.4, -0.2) is 67.2 Å². The second-order valence-corrected chi connectivity index (χ2v) is 8.51. The quantitative estimate of drug-likeness (QED) is 0.876. The maximum atomic E-state index is 12.6. The number of rotatable bonds is 4. The van der Waals surface area contributed by atoms with Crippen LogP contribution >= 0.6 is 0 Å². The van der Waals surface area contributed by atoms with Crippen molar-refractivity contribution in [1.82, 2.24) is 18.8 Å². The molecule has 7 nitrogen and oxygen atoms in total. The molecule has 138 valence electrons. The second-order valence-electron chi connectivity index (χ2n) is 6.58. The summed E-state index contributed by atoms with van der Waals surface area (Å²) in [7, 11) is -3.37. The van der Waals surface area contributed by atoms with Gasteiger partial charge >= 0.3 is 6.03 Å². The van der Waals surface area contributed by atoms with Gasteiger partial charge in [0.25, 0.3) is 10.2 Å². The van der Waals surface area contributed by atoms with Crippen molar-refractivity contribution in [2.75, 3.05) is 39.3 Å². The third-order valence-corrected chi connectivity index (χ3v) is 6.92. The predicted octanol–water partition coefficient (Wildman–Crippen LogP) is 1.42. The number of hydrogen-bond donors (Lipinski definition) is 1. The monoisotopic (exact) mass is 366 g/mol. The molecule has 25 heavy (non-hydrogen) atoms. The Morgan fingerprint density at radius 3 is 2.12 bits per heavy atom. The van der Waals surface area contributed by atoms with Crippen molar-refractivity contribution in [3.63, 3.8) is 0 Å². The highest BCUT2D eigenvalue weighted by Crippen LogP contribution is 2.18. The first kappa shape index (κ1) is 18.2. The van der Waals surface area contributed by atoms with E-state index in [2.05, 4.69) is 5.32 Å². The minimum atomic E-state index is -3.37. The summed E-state index contributed by atoms with van der Waals surface area (Å²) in [6.07, 6.45) is 1.86. The first-order chi connectivity index (χ1) is 12.0. The van der Waals surface area contributed by atoms with Gasteiger partial charge in [-0.15, -0.1) is 0 Å². The molecule has 2 fully saturated rings. The van der Waals surface area contributed by atoms with Crippen LogP contribution in [0.1, 0.15) is 31.4 Å². The molecule has 2 amide bonds. The van der Waals surface area contributed by atoms with E-state index in [1.165, 1.54) is 4.31 Å². The zero-order valence-electron chi connectivity index (χ0n) is 14.6. The van der Waals surface area contributed by atoms with Crippen molar-refractivity contribution < 1.29 is 13.2 Å². The van der Waals surface area contributed by atoms with E-state index in [1.807, 2.05) is 37.3 Å². The van der Waals surface area contributed by atoms with Gasteiger partial charge in [-0.1, -0.05) is 30.3 Å². The Morgan fingerprint density at radius 2 is 1.52 bits per heavy atom. The molecular formula is C17H26N4O3S. The SMILES string of the molecule is C[C@H](NC(=O)N1CCN(S(=O)(=O)N2CCCC2)CC1)c1ccccc1. The number of carbonyl (C=O) groups is 1. The highest BCUT2D eigenvalue weighted by atomic mass is 32.2. The molecule has 0 bridgehead atoms. The van der Waals surface area contributed by atoms with Crippen LogP contribution in [0.15, 0.2) is 30.3 Å². The summed E-state index contributed by atoms with van der Waals surface area (Å²) in [5, 5.41) is 2.98. The Hall–Kier alpha value is -1.64. The molecule has 0 aromatic heterocycles. The molecule has 1 aromatic carbocycles. The molecule has 0 spiro atoms. The van der Waals surface area contributed by atoms with Gasteiger partial charge in [0.1, 0.15) is 0 Å². The Balaban J connectivity index is 1.52. The summed E-state index contributed by atoms with van der Waals surface area (Å²) in [6.45, 7) is 4.70. The normalized spacial score (nSPS) is 21.2. The Labute approximate surface area is 149 Å². The van der Waals surface area contributed by atoms with Gasteiger partial charge in [-0.2, -0.15) is 17.0 Å². The van der Waals surface area contributed by atoms with Crippen LogP contribution in [0.25, 0.3) is 0 Å². The molecule has 8 heteroatoms. The molecule has 3 rings (SSSR count). The predicted molar refractivity (Wildman–Crippen MR) is 96.3 cm³/mol. The third kappa shape index (κ3) is 4.13. The number of nitrogens with zero attached hydrogens (tertiary/aromatic N) is 3. The summed E-state index contributed by atoms with van der Waals surface area (Å²) in [4.78, 5) is 14.1. The molecule has 2 saturated heterocycles. The van der Waals surface area contributed by atoms with Gasteiger partial charge in [-0.25, -0.2) is 4.79 Å². The highest BCUT2D eigenvalue weighted by Gasteiger charge is 2.34. The number of carbonyl (C=O) groups excluding carboxylic acids is 1. The van der Waals surface area contributed by atoms with E-state index in [0.29, 0.717) is 39.3 Å². The zero-order chi connectivity index (χ0) is 17.9. The van der Waals surface area contributed by atoms with Gasteiger partial charge in [0.15, 0.2) is 0 Å². The molecule has 0 unspecified atom stereocenters. The lowest BCUT2D eigenvalue weighted by Gasteiger charge is -2.36. The van der Waals surface area contributed by atoms with Gasteiger partial charge in [0.05, 0.1) is 6.04 Å². The summed E-state index contributed by atoms with van der Waals surface area (Å²) < 4.78 is 28.2. The maximum Gasteiger partial charge on any atom is 0.317 e. The molecule has 2 aliphatic heterocycles.